The molecule has 3 rings (SSSR count). The van der Waals surface area contributed by atoms with Gasteiger partial charge in [0.2, 0.25) is 11.3 Å². The number of halogens is 2. The summed E-state index contributed by atoms with van der Waals surface area (Å²) in [7, 11) is 0. The van der Waals surface area contributed by atoms with E-state index in [-0.39, 0.29) is 33.5 Å². The third kappa shape index (κ3) is 3.75. The van der Waals surface area contributed by atoms with Crippen molar-refractivity contribution < 1.29 is 4.79 Å². The molecule has 1 amide bonds. The van der Waals surface area contributed by atoms with E-state index in [4.69, 9.17) is 28.9 Å². The number of benzene rings is 2. The highest BCUT2D eigenvalue weighted by Crippen LogP contribution is 2.31. The lowest BCUT2D eigenvalue weighted by Gasteiger charge is -2.10. The van der Waals surface area contributed by atoms with E-state index < -0.39 is 0 Å². The van der Waals surface area contributed by atoms with Crippen molar-refractivity contribution in [2.24, 2.45) is 0 Å². The number of carbonyl (C=O) groups excluding carboxylic acids is 1. The van der Waals surface area contributed by atoms with E-state index in [1.54, 1.807) is 22.9 Å². The highest BCUT2D eigenvalue weighted by Gasteiger charge is 2.09. The van der Waals surface area contributed by atoms with E-state index in [0.717, 1.165) is 0 Å². The van der Waals surface area contributed by atoms with Gasteiger partial charge in [0.15, 0.2) is 0 Å². The van der Waals surface area contributed by atoms with Crippen molar-refractivity contribution in [1.82, 2.24) is 9.78 Å². The van der Waals surface area contributed by atoms with Crippen LogP contribution in [0.3, 0.4) is 0 Å². The molecule has 0 unspecified atom stereocenters. The third-order valence-electron chi connectivity index (χ3n) is 3.68. The number of amides is 1. The Balaban J connectivity index is 1.73. The fraction of sp³-hybridized carbons (Fsp3) is 0.118. The molecule has 0 atom stereocenters. The predicted molar refractivity (Wildman–Crippen MR) is 100 cm³/mol. The molecular weight excluding hydrogens is 363 g/mol. The van der Waals surface area contributed by atoms with Crippen molar-refractivity contribution in [3.63, 3.8) is 0 Å². The van der Waals surface area contributed by atoms with Crippen LogP contribution in [0.4, 0.5) is 11.4 Å². The normalized spacial score (nSPS) is 10.8. The number of para-hydroxylation sites is 1. The van der Waals surface area contributed by atoms with Crippen LogP contribution >= 0.6 is 23.2 Å². The fourth-order valence-electron chi connectivity index (χ4n) is 2.43. The molecule has 3 aromatic rings. The van der Waals surface area contributed by atoms with Gasteiger partial charge in [-0.15, -0.1) is 0 Å². The molecule has 0 fully saturated rings. The minimum absolute atomic E-state index is 0.151. The number of fused-ring (bicyclic) bond motifs is 1. The fourth-order valence-corrected chi connectivity index (χ4v) is 2.91. The Morgan fingerprint density at radius 3 is 2.60 bits per heavy atom. The van der Waals surface area contributed by atoms with Crippen LogP contribution in [0, 0.1) is 0 Å². The molecule has 0 saturated carbocycles. The molecule has 0 spiro atoms. The Bertz CT molecular complexity index is 994. The Kier molecular flexibility index (Phi) is 4.92. The third-order valence-corrected chi connectivity index (χ3v) is 4.30. The maximum Gasteiger partial charge on any atom is 0.226 e. The second-order valence-electron chi connectivity index (χ2n) is 5.40. The van der Waals surface area contributed by atoms with Crippen molar-refractivity contribution in [2.75, 3.05) is 11.1 Å². The number of hydrogen-bond donors (Lipinski definition) is 2. The number of hydrogen-bond acceptors (Lipinski definition) is 4. The van der Waals surface area contributed by atoms with Crippen molar-refractivity contribution >= 4 is 51.4 Å². The second-order valence-corrected chi connectivity index (χ2v) is 6.22. The van der Waals surface area contributed by atoms with Crippen LogP contribution in [-0.2, 0) is 11.3 Å². The largest absolute Gasteiger partial charge is 0.396 e. The molecule has 6 nitrogen and oxygen atoms in total. The van der Waals surface area contributed by atoms with Gasteiger partial charge in [-0.2, -0.15) is 5.10 Å². The lowest BCUT2D eigenvalue weighted by molar-refractivity contribution is -0.116. The lowest BCUT2D eigenvalue weighted by Crippen LogP contribution is -2.18. The zero-order valence-electron chi connectivity index (χ0n) is 13.0. The number of anilines is 2. The number of carbonyl (C=O) groups is 1. The highest BCUT2D eigenvalue weighted by atomic mass is 35.5. The molecule has 3 N–H and O–H groups in total. The van der Waals surface area contributed by atoms with Crippen molar-refractivity contribution in [1.29, 1.82) is 0 Å². The summed E-state index contributed by atoms with van der Waals surface area (Å²) in [6.45, 7) is 0.322. The Labute approximate surface area is 153 Å². The summed E-state index contributed by atoms with van der Waals surface area (Å²) in [5, 5.41) is 7.92. The van der Waals surface area contributed by atoms with Gasteiger partial charge in [-0.25, -0.2) is 0 Å². The standard InChI is InChI=1S/C17H14Cl2N4O2/c18-12-7-10(8-13(19)17(12)20)22-16(25)5-6-23-14-4-2-1-3-11(14)15(24)9-21-23/h1-4,7-9H,5-6,20H2,(H,22,25). The molecule has 8 heteroatoms. The number of nitrogen functional groups attached to an aromatic ring is 1. The molecule has 1 heterocycles. The van der Waals surface area contributed by atoms with Crippen LogP contribution in [0.5, 0.6) is 0 Å². The number of nitrogens with one attached hydrogen (secondary N) is 1. The summed E-state index contributed by atoms with van der Waals surface area (Å²) in [5.41, 5.74) is 6.93. The van der Waals surface area contributed by atoms with E-state index in [1.807, 2.05) is 6.07 Å². The van der Waals surface area contributed by atoms with E-state index in [0.29, 0.717) is 23.1 Å². The molecule has 0 saturated heterocycles. The molecular formula is C17H14Cl2N4O2. The summed E-state index contributed by atoms with van der Waals surface area (Å²) >= 11 is 11.9. The first-order valence-corrected chi connectivity index (χ1v) is 8.20. The van der Waals surface area contributed by atoms with Crippen molar-refractivity contribution in [2.45, 2.75) is 13.0 Å². The quantitative estimate of drug-likeness (QED) is 0.683. The van der Waals surface area contributed by atoms with Gasteiger partial charge in [0.05, 0.1) is 34.0 Å². The average Bonchev–Trinajstić information content (AvgIpc) is 2.59. The Morgan fingerprint density at radius 1 is 1.20 bits per heavy atom. The molecule has 0 bridgehead atoms. The molecule has 0 radical (unpaired) electrons. The van der Waals surface area contributed by atoms with Crippen LogP contribution in [0.15, 0.2) is 47.4 Å². The topological polar surface area (TPSA) is 90.0 Å². The molecule has 128 valence electrons. The maximum atomic E-state index is 12.2. The summed E-state index contributed by atoms with van der Waals surface area (Å²) < 4.78 is 1.62. The van der Waals surface area contributed by atoms with E-state index in [1.165, 1.54) is 18.3 Å². The Hall–Kier alpha value is -2.57. The number of aryl methyl sites for hydroxylation is 1. The molecule has 25 heavy (non-hydrogen) atoms. The smallest absolute Gasteiger partial charge is 0.226 e. The zero-order chi connectivity index (χ0) is 18.0. The van der Waals surface area contributed by atoms with E-state index >= 15 is 0 Å². The van der Waals surface area contributed by atoms with Crippen molar-refractivity contribution in [3.05, 3.63) is 62.9 Å². The summed E-state index contributed by atoms with van der Waals surface area (Å²) in [6.07, 6.45) is 1.42. The zero-order valence-corrected chi connectivity index (χ0v) is 14.5. The van der Waals surface area contributed by atoms with Gasteiger partial charge in [0, 0.05) is 17.5 Å². The minimum atomic E-state index is -0.235. The number of rotatable bonds is 4. The van der Waals surface area contributed by atoms with Crippen LogP contribution < -0.4 is 16.5 Å². The van der Waals surface area contributed by atoms with Crippen LogP contribution in [0.2, 0.25) is 10.0 Å². The van der Waals surface area contributed by atoms with Gasteiger partial charge >= 0.3 is 0 Å². The van der Waals surface area contributed by atoms with E-state index in [9.17, 15) is 9.59 Å². The van der Waals surface area contributed by atoms with E-state index in [2.05, 4.69) is 10.4 Å². The molecule has 0 aliphatic carbocycles. The SMILES string of the molecule is Nc1c(Cl)cc(NC(=O)CCn2ncc(=O)c3ccccc32)cc1Cl. The Morgan fingerprint density at radius 2 is 1.88 bits per heavy atom. The molecule has 0 aliphatic heterocycles. The van der Waals surface area contributed by atoms with Crippen LogP contribution in [0.1, 0.15) is 6.42 Å². The van der Waals surface area contributed by atoms with Gasteiger partial charge in [-0.3, -0.25) is 14.3 Å². The number of nitrogens with two attached hydrogens (primary N) is 1. The van der Waals surface area contributed by atoms with Gasteiger partial charge < -0.3 is 11.1 Å². The average molecular weight is 377 g/mol. The lowest BCUT2D eigenvalue weighted by atomic mass is 10.2. The number of nitrogens with zero attached hydrogens (tertiary/aromatic N) is 2. The molecule has 0 aliphatic rings. The summed E-state index contributed by atoms with van der Waals surface area (Å²) in [6, 6.07) is 10.2. The van der Waals surface area contributed by atoms with Gasteiger partial charge in [-0.1, -0.05) is 35.3 Å². The van der Waals surface area contributed by atoms with Gasteiger partial charge in [-0.05, 0) is 24.3 Å². The van der Waals surface area contributed by atoms with Gasteiger partial charge in [0.25, 0.3) is 0 Å². The molecule has 2 aromatic carbocycles. The second kappa shape index (κ2) is 7.13. The first-order valence-electron chi connectivity index (χ1n) is 7.45. The first kappa shape index (κ1) is 17.3. The highest BCUT2D eigenvalue weighted by molar-refractivity contribution is 6.39. The minimum Gasteiger partial charge on any atom is -0.396 e. The monoisotopic (exact) mass is 376 g/mol. The number of aromatic nitrogens is 2. The maximum absolute atomic E-state index is 12.2. The van der Waals surface area contributed by atoms with Crippen LogP contribution in [-0.4, -0.2) is 15.7 Å². The van der Waals surface area contributed by atoms with Crippen molar-refractivity contribution in [3.8, 4) is 0 Å². The van der Waals surface area contributed by atoms with Crippen LogP contribution in [0.25, 0.3) is 10.9 Å². The first-order chi connectivity index (χ1) is 12.0. The van der Waals surface area contributed by atoms with Gasteiger partial charge in [0.1, 0.15) is 0 Å². The molecule has 1 aromatic heterocycles. The summed E-state index contributed by atoms with van der Waals surface area (Å²) in [5.74, 6) is -0.235. The predicted octanol–water partition coefficient (Wildman–Crippen LogP) is 3.31. The summed E-state index contributed by atoms with van der Waals surface area (Å²) in [4.78, 5) is 24.0.